The third kappa shape index (κ3) is 2.44. The molecule has 1 heterocycles. The lowest BCUT2D eigenvalue weighted by Gasteiger charge is -2.11. The van der Waals surface area contributed by atoms with Gasteiger partial charge in [-0.1, -0.05) is 0 Å². The highest BCUT2D eigenvalue weighted by Crippen LogP contribution is 2.32. The maximum absolute atomic E-state index is 13.2. The first-order valence-corrected chi connectivity index (χ1v) is 6.49. The van der Waals surface area contributed by atoms with E-state index in [-0.39, 0.29) is 5.69 Å². The van der Waals surface area contributed by atoms with Crippen LogP contribution in [-0.4, -0.2) is 9.97 Å². The van der Waals surface area contributed by atoms with Gasteiger partial charge in [0.05, 0.1) is 11.2 Å². The lowest BCUT2D eigenvalue weighted by Crippen LogP contribution is -1.99. The summed E-state index contributed by atoms with van der Waals surface area (Å²) in [5.74, 6) is -0.0318. The van der Waals surface area contributed by atoms with Gasteiger partial charge in [-0.3, -0.25) is 0 Å². The Hall–Kier alpha value is -3.09. The van der Waals surface area contributed by atoms with Gasteiger partial charge in [-0.15, -0.1) is 4.91 Å². The Labute approximate surface area is 125 Å². The highest BCUT2D eigenvalue weighted by molar-refractivity contribution is 5.95. The van der Waals surface area contributed by atoms with Crippen molar-refractivity contribution < 1.29 is 4.39 Å². The van der Waals surface area contributed by atoms with Crippen molar-refractivity contribution in [1.29, 1.82) is 0 Å². The lowest BCUT2D eigenvalue weighted by molar-refractivity contribution is 0.628. The Morgan fingerprint density at radius 1 is 1.23 bits per heavy atom. The number of hydrogen-bond donors (Lipinski definition) is 2. The predicted molar refractivity (Wildman–Crippen MR) is 83.8 cm³/mol. The van der Waals surface area contributed by atoms with Crippen LogP contribution >= 0.6 is 0 Å². The van der Waals surface area contributed by atoms with Gasteiger partial charge >= 0.3 is 0 Å². The molecule has 2 aromatic carbocycles. The summed E-state index contributed by atoms with van der Waals surface area (Å²) < 4.78 is 13.2. The maximum atomic E-state index is 13.2. The molecule has 6 nitrogen and oxygen atoms in total. The van der Waals surface area contributed by atoms with Crippen molar-refractivity contribution in [3.63, 3.8) is 0 Å². The molecule has 0 amide bonds. The standard InChI is InChI=1S/C15H12FN5O/c1-8-4-10(17)6-13-14(8)15(19-7-18-13)20-11-3-2-9(16)5-12(11)21-22/h2-7H,17H2,1H3,(H,18,19,20). The molecule has 22 heavy (non-hydrogen) atoms. The van der Waals surface area contributed by atoms with Crippen molar-refractivity contribution in [3.8, 4) is 0 Å². The summed E-state index contributed by atoms with van der Waals surface area (Å²) in [5, 5.41) is 6.61. The molecule has 0 aliphatic carbocycles. The topological polar surface area (TPSA) is 93.3 Å². The second-order valence-electron chi connectivity index (χ2n) is 4.83. The highest BCUT2D eigenvalue weighted by atomic mass is 19.1. The molecule has 0 aliphatic heterocycles. The van der Waals surface area contributed by atoms with Crippen LogP contribution in [0.25, 0.3) is 10.9 Å². The first-order valence-electron chi connectivity index (χ1n) is 6.49. The van der Waals surface area contributed by atoms with Crippen molar-refractivity contribution >= 4 is 33.8 Å². The van der Waals surface area contributed by atoms with Crippen LogP contribution in [0.4, 0.5) is 27.3 Å². The van der Waals surface area contributed by atoms with Crippen LogP contribution in [0.1, 0.15) is 5.56 Å². The Bertz CT molecular complexity index is 881. The summed E-state index contributed by atoms with van der Waals surface area (Å²) in [4.78, 5) is 19.2. The number of nitrogens with one attached hydrogen (secondary N) is 1. The van der Waals surface area contributed by atoms with Crippen molar-refractivity contribution in [1.82, 2.24) is 9.97 Å². The number of aromatic nitrogens is 2. The minimum absolute atomic E-state index is 0.0279. The number of rotatable bonds is 3. The third-order valence-electron chi connectivity index (χ3n) is 3.27. The first-order chi connectivity index (χ1) is 10.6. The van der Waals surface area contributed by atoms with Crippen molar-refractivity contribution in [3.05, 3.63) is 52.9 Å². The second-order valence-corrected chi connectivity index (χ2v) is 4.83. The molecule has 7 heteroatoms. The summed E-state index contributed by atoms with van der Waals surface area (Å²) in [6.45, 7) is 1.89. The number of hydrogen-bond acceptors (Lipinski definition) is 6. The highest BCUT2D eigenvalue weighted by Gasteiger charge is 2.11. The van der Waals surface area contributed by atoms with Gasteiger partial charge < -0.3 is 11.1 Å². The van der Waals surface area contributed by atoms with E-state index in [1.807, 2.05) is 6.92 Å². The van der Waals surface area contributed by atoms with Gasteiger partial charge in [0.15, 0.2) is 0 Å². The number of nitrogens with two attached hydrogens (primary N) is 1. The fourth-order valence-electron chi connectivity index (χ4n) is 2.33. The molecule has 0 unspecified atom stereocenters. The molecule has 0 saturated carbocycles. The molecule has 1 aromatic heterocycles. The molecule has 3 rings (SSSR count). The number of nitrogen functional groups attached to an aromatic ring is 1. The van der Waals surface area contributed by atoms with Gasteiger partial charge in [-0.25, -0.2) is 14.4 Å². The average molecular weight is 297 g/mol. The van der Waals surface area contributed by atoms with Crippen LogP contribution in [0, 0.1) is 17.6 Å². The van der Waals surface area contributed by atoms with E-state index < -0.39 is 5.82 Å². The van der Waals surface area contributed by atoms with Gasteiger partial charge in [-0.05, 0) is 41.9 Å². The van der Waals surface area contributed by atoms with Crippen molar-refractivity contribution in [2.24, 2.45) is 5.18 Å². The van der Waals surface area contributed by atoms with E-state index in [0.29, 0.717) is 22.7 Å². The van der Waals surface area contributed by atoms with E-state index in [9.17, 15) is 9.30 Å². The summed E-state index contributed by atoms with van der Waals surface area (Å²) in [6.07, 6.45) is 1.39. The average Bonchev–Trinajstić information content (AvgIpc) is 2.48. The molecular formula is C15H12FN5O. The van der Waals surface area contributed by atoms with E-state index >= 15 is 0 Å². The summed E-state index contributed by atoms with van der Waals surface area (Å²) in [6, 6.07) is 7.28. The van der Waals surface area contributed by atoms with Crippen LogP contribution in [-0.2, 0) is 0 Å². The minimum Gasteiger partial charge on any atom is -0.399 e. The van der Waals surface area contributed by atoms with E-state index in [0.717, 1.165) is 17.0 Å². The molecule has 0 atom stereocenters. The van der Waals surface area contributed by atoms with Gasteiger partial charge in [0, 0.05) is 17.1 Å². The van der Waals surface area contributed by atoms with Crippen LogP contribution < -0.4 is 11.1 Å². The number of aryl methyl sites for hydroxylation is 1. The molecule has 3 aromatic rings. The molecule has 0 bridgehead atoms. The largest absolute Gasteiger partial charge is 0.399 e. The Morgan fingerprint density at radius 3 is 2.82 bits per heavy atom. The monoisotopic (exact) mass is 297 g/mol. The Balaban J connectivity index is 2.14. The lowest BCUT2D eigenvalue weighted by atomic mass is 10.1. The summed E-state index contributed by atoms with van der Waals surface area (Å²) >= 11 is 0. The van der Waals surface area contributed by atoms with E-state index in [1.165, 1.54) is 18.5 Å². The van der Waals surface area contributed by atoms with E-state index in [2.05, 4.69) is 20.5 Å². The Morgan fingerprint density at radius 2 is 2.05 bits per heavy atom. The molecule has 0 radical (unpaired) electrons. The summed E-state index contributed by atoms with van der Waals surface area (Å²) in [7, 11) is 0. The zero-order valence-corrected chi connectivity index (χ0v) is 11.7. The van der Waals surface area contributed by atoms with Gasteiger partial charge in [0.1, 0.15) is 23.6 Å². The van der Waals surface area contributed by atoms with Gasteiger partial charge in [0.2, 0.25) is 0 Å². The van der Waals surface area contributed by atoms with Crippen LogP contribution in [0.3, 0.4) is 0 Å². The fraction of sp³-hybridized carbons (Fsp3) is 0.0667. The minimum atomic E-state index is -0.531. The van der Waals surface area contributed by atoms with Crippen LogP contribution in [0.5, 0.6) is 0 Å². The summed E-state index contributed by atoms with van der Waals surface area (Å²) in [5.41, 5.74) is 8.32. The third-order valence-corrected chi connectivity index (χ3v) is 3.27. The molecule has 0 fully saturated rings. The molecular weight excluding hydrogens is 285 g/mol. The Kier molecular flexibility index (Phi) is 3.38. The fourth-order valence-corrected chi connectivity index (χ4v) is 2.33. The molecule has 110 valence electrons. The smallest absolute Gasteiger partial charge is 0.142 e. The van der Waals surface area contributed by atoms with E-state index in [1.54, 1.807) is 12.1 Å². The van der Waals surface area contributed by atoms with Crippen molar-refractivity contribution in [2.45, 2.75) is 6.92 Å². The number of anilines is 3. The van der Waals surface area contributed by atoms with Crippen LogP contribution in [0.15, 0.2) is 41.8 Å². The molecule has 0 spiro atoms. The number of fused-ring (bicyclic) bond motifs is 1. The maximum Gasteiger partial charge on any atom is 0.142 e. The quantitative estimate of drug-likeness (QED) is 0.566. The predicted octanol–water partition coefficient (Wildman–Crippen LogP) is 3.80. The zero-order chi connectivity index (χ0) is 15.7. The number of benzene rings is 2. The number of halogens is 1. The normalized spacial score (nSPS) is 10.6. The van der Waals surface area contributed by atoms with Crippen LogP contribution in [0.2, 0.25) is 0 Å². The molecule has 0 saturated heterocycles. The van der Waals surface area contributed by atoms with Gasteiger partial charge in [-0.2, -0.15) is 0 Å². The zero-order valence-electron chi connectivity index (χ0n) is 11.7. The molecule has 3 N–H and O–H groups in total. The number of nitroso groups, excluding NO2 is 1. The molecule has 0 aliphatic rings. The first kappa shape index (κ1) is 13.9. The van der Waals surface area contributed by atoms with Gasteiger partial charge in [0.25, 0.3) is 0 Å². The van der Waals surface area contributed by atoms with E-state index in [4.69, 9.17) is 5.73 Å². The second kappa shape index (κ2) is 5.36. The SMILES string of the molecule is Cc1cc(N)cc2ncnc(Nc3ccc(F)cc3N=O)c12. The number of nitrogens with zero attached hydrogens (tertiary/aromatic N) is 3. The van der Waals surface area contributed by atoms with Crippen molar-refractivity contribution in [2.75, 3.05) is 11.1 Å².